The monoisotopic (exact) mass is 460 g/mol. The van der Waals surface area contributed by atoms with Crippen LogP contribution in [0.1, 0.15) is 49.2 Å². The van der Waals surface area contributed by atoms with E-state index < -0.39 is 10.0 Å². The Morgan fingerprint density at radius 3 is 2.59 bits per heavy atom. The second kappa shape index (κ2) is 9.33. The Kier molecular flexibility index (Phi) is 6.69. The maximum absolute atomic E-state index is 13.1. The van der Waals surface area contributed by atoms with Gasteiger partial charge in [0.25, 0.3) is 0 Å². The van der Waals surface area contributed by atoms with Crippen LogP contribution in [-0.2, 0) is 14.8 Å². The van der Waals surface area contributed by atoms with Crippen LogP contribution in [0.5, 0.6) is 0 Å². The van der Waals surface area contributed by atoms with Crippen LogP contribution in [0.2, 0.25) is 0 Å². The molecule has 32 heavy (non-hydrogen) atoms. The summed E-state index contributed by atoms with van der Waals surface area (Å²) in [5.74, 6) is -0.116. The lowest BCUT2D eigenvalue weighted by Crippen LogP contribution is -2.48. The summed E-state index contributed by atoms with van der Waals surface area (Å²) in [6.07, 6.45) is 2.25. The van der Waals surface area contributed by atoms with Crippen LogP contribution in [0.3, 0.4) is 0 Å². The number of benzene rings is 1. The zero-order valence-electron chi connectivity index (χ0n) is 19.0. The van der Waals surface area contributed by atoms with Crippen molar-refractivity contribution in [1.29, 1.82) is 0 Å². The second-order valence-corrected chi connectivity index (χ2v) is 10.8. The van der Waals surface area contributed by atoms with Gasteiger partial charge < -0.3 is 9.84 Å². The van der Waals surface area contributed by atoms with Gasteiger partial charge in [-0.05, 0) is 45.6 Å². The Morgan fingerprint density at radius 2 is 1.91 bits per heavy atom. The minimum Gasteiger partial charge on any atom is -0.360 e. The molecule has 1 amide bonds. The topological polar surface area (TPSA) is 95.8 Å². The van der Waals surface area contributed by atoms with Crippen molar-refractivity contribution in [2.24, 2.45) is 5.92 Å². The number of sulfonamides is 1. The number of likely N-dealkylation sites (tertiary alicyclic amines) is 1. The lowest BCUT2D eigenvalue weighted by atomic mass is 9.98. The standard InChI is InChI=1S/C23H32N4O4S/c1-16-22(18(3)31-25-16)32(29,30)27-12-7-10-20(14-27)23(28)24-21-11-13-26(15-21)17(2)19-8-5-4-6-9-19/h4-6,8-9,17,20-21H,7,10-15H2,1-3H3,(H,24,28)/t17-,20+,21+/m1/s1. The highest BCUT2D eigenvalue weighted by Crippen LogP contribution is 2.29. The van der Waals surface area contributed by atoms with Gasteiger partial charge in [0.05, 0.1) is 5.92 Å². The van der Waals surface area contributed by atoms with Crippen LogP contribution in [0, 0.1) is 19.8 Å². The Hall–Kier alpha value is -2.23. The molecule has 0 aliphatic carbocycles. The predicted molar refractivity (Wildman–Crippen MR) is 120 cm³/mol. The minimum atomic E-state index is -3.74. The molecule has 3 atom stereocenters. The minimum absolute atomic E-state index is 0.0529. The van der Waals surface area contributed by atoms with Gasteiger partial charge in [0.2, 0.25) is 15.9 Å². The van der Waals surface area contributed by atoms with Crippen molar-refractivity contribution in [1.82, 2.24) is 19.7 Å². The molecule has 0 bridgehead atoms. The number of hydrogen-bond acceptors (Lipinski definition) is 6. The third-order valence-electron chi connectivity index (χ3n) is 6.72. The highest BCUT2D eigenvalue weighted by Gasteiger charge is 2.37. The second-order valence-electron chi connectivity index (χ2n) is 8.93. The summed E-state index contributed by atoms with van der Waals surface area (Å²) in [5, 5.41) is 6.96. The summed E-state index contributed by atoms with van der Waals surface area (Å²) in [6.45, 7) is 7.74. The van der Waals surface area contributed by atoms with Crippen LogP contribution in [0.15, 0.2) is 39.8 Å². The quantitative estimate of drug-likeness (QED) is 0.712. The fourth-order valence-electron chi connectivity index (χ4n) is 4.87. The Labute approximate surface area is 190 Å². The smallest absolute Gasteiger partial charge is 0.248 e. The highest BCUT2D eigenvalue weighted by molar-refractivity contribution is 7.89. The number of aromatic nitrogens is 1. The first-order valence-electron chi connectivity index (χ1n) is 11.3. The normalized spacial score (nSPS) is 23.8. The van der Waals surface area contributed by atoms with E-state index in [2.05, 4.69) is 34.4 Å². The molecule has 1 aromatic heterocycles. The van der Waals surface area contributed by atoms with Crippen LogP contribution in [0.25, 0.3) is 0 Å². The van der Waals surface area contributed by atoms with Gasteiger partial charge in [0.15, 0.2) is 5.76 Å². The van der Waals surface area contributed by atoms with Crippen molar-refractivity contribution in [2.75, 3.05) is 26.2 Å². The third-order valence-corrected chi connectivity index (χ3v) is 8.83. The van der Waals surface area contributed by atoms with E-state index >= 15 is 0 Å². The van der Waals surface area contributed by atoms with Gasteiger partial charge in [-0.1, -0.05) is 35.5 Å². The fourth-order valence-corrected chi connectivity index (χ4v) is 6.68. The van der Waals surface area contributed by atoms with Gasteiger partial charge in [0.1, 0.15) is 10.6 Å². The molecule has 0 unspecified atom stereocenters. The number of carbonyl (C=O) groups is 1. The van der Waals surface area contributed by atoms with Crippen LogP contribution < -0.4 is 5.32 Å². The summed E-state index contributed by atoms with van der Waals surface area (Å²) in [5.41, 5.74) is 1.62. The van der Waals surface area contributed by atoms with Crippen LogP contribution >= 0.6 is 0 Å². The molecule has 2 aliphatic rings. The summed E-state index contributed by atoms with van der Waals surface area (Å²) in [7, 11) is -3.74. The molecular weight excluding hydrogens is 428 g/mol. The lowest BCUT2D eigenvalue weighted by Gasteiger charge is -2.31. The number of carbonyl (C=O) groups excluding carboxylic acids is 1. The SMILES string of the molecule is Cc1noc(C)c1S(=O)(=O)N1CCC[C@H](C(=O)N[C@H]2CCN([C@H](C)c3ccccc3)C2)C1. The molecule has 0 spiro atoms. The molecule has 2 aromatic rings. The third kappa shape index (κ3) is 4.60. The average Bonchev–Trinajstić information content (AvgIpc) is 3.40. The Morgan fingerprint density at radius 1 is 1.16 bits per heavy atom. The number of piperidine rings is 1. The van der Waals surface area contributed by atoms with Crippen molar-refractivity contribution in [3.05, 3.63) is 47.3 Å². The van der Waals surface area contributed by atoms with E-state index in [0.717, 1.165) is 19.5 Å². The molecule has 1 aromatic carbocycles. The van der Waals surface area contributed by atoms with Gasteiger partial charge in [-0.2, -0.15) is 4.31 Å². The van der Waals surface area contributed by atoms with Crippen molar-refractivity contribution in [3.63, 3.8) is 0 Å². The number of hydrogen-bond donors (Lipinski definition) is 1. The zero-order valence-corrected chi connectivity index (χ0v) is 19.8. The van der Waals surface area contributed by atoms with Crippen LogP contribution in [-0.4, -0.2) is 60.9 Å². The van der Waals surface area contributed by atoms with E-state index in [-0.39, 0.29) is 35.1 Å². The molecule has 0 radical (unpaired) electrons. The van der Waals surface area contributed by atoms with Crippen molar-refractivity contribution >= 4 is 15.9 Å². The maximum Gasteiger partial charge on any atom is 0.248 e. The summed E-state index contributed by atoms with van der Waals surface area (Å²) in [4.78, 5) is 15.5. The Bertz CT molecular complexity index is 1030. The van der Waals surface area contributed by atoms with Crippen molar-refractivity contribution < 1.29 is 17.7 Å². The summed E-state index contributed by atoms with van der Waals surface area (Å²) >= 11 is 0. The van der Waals surface area contributed by atoms with E-state index in [1.54, 1.807) is 13.8 Å². The molecule has 3 heterocycles. The summed E-state index contributed by atoms with van der Waals surface area (Å²) < 4.78 is 32.8. The summed E-state index contributed by atoms with van der Waals surface area (Å²) in [6, 6.07) is 10.8. The van der Waals surface area contributed by atoms with E-state index in [4.69, 9.17) is 4.52 Å². The van der Waals surface area contributed by atoms with E-state index in [1.807, 2.05) is 18.2 Å². The first-order valence-corrected chi connectivity index (χ1v) is 12.7. The molecule has 4 rings (SSSR count). The van der Waals surface area contributed by atoms with Gasteiger partial charge in [-0.15, -0.1) is 0 Å². The van der Waals surface area contributed by atoms with E-state index in [0.29, 0.717) is 31.1 Å². The predicted octanol–water partition coefficient (Wildman–Crippen LogP) is 2.64. The molecule has 8 nitrogen and oxygen atoms in total. The molecule has 0 saturated carbocycles. The van der Waals surface area contributed by atoms with E-state index in [1.165, 1.54) is 9.87 Å². The number of aryl methyl sites for hydroxylation is 2. The molecule has 2 aliphatic heterocycles. The maximum atomic E-state index is 13.1. The number of amides is 1. The lowest BCUT2D eigenvalue weighted by molar-refractivity contribution is -0.126. The van der Waals surface area contributed by atoms with Gasteiger partial charge in [-0.25, -0.2) is 8.42 Å². The molecule has 174 valence electrons. The molecule has 1 N–H and O–H groups in total. The average molecular weight is 461 g/mol. The largest absolute Gasteiger partial charge is 0.360 e. The number of nitrogens with zero attached hydrogens (tertiary/aromatic N) is 3. The molecule has 9 heteroatoms. The van der Waals surface area contributed by atoms with Crippen molar-refractivity contribution in [2.45, 2.75) is 57.0 Å². The van der Waals surface area contributed by atoms with Gasteiger partial charge in [0, 0.05) is 38.3 Å². The molecular formula is C23H32N4O4S. The van der Waals surface area contributed by atoms with Gasteiger partial charge >= 0.3 is 0 Å². The zero-order chi connectivity index (χ0) is 22.9. The first-order chi connectivity index (χ1) is 15.3. The highest BCUT2D eigenvalue weighted by atomic mass is 32.2. The van der Waals surface area contributed by atoms with Gasteiger partial charge in [-0.3, -0.25) is 9.69 Å². The first kappa shape index (κ1) is 22.9. The number of nitrogens with one attached hydrogen (secondary N) is 1. The van der Waals surface area contributed by atoms with E-state index in [9.17, 15) is 13.2 Å². The molecule has 2 fully saturated rings. The van der Waals surface area contributed by atoms with Crippen molar-refractivity contribution in [3.8, 4) is 0 Å². The number of rotatable bonds is 6. The molecule has 2 saturated heterocycles. The Balaban J connectivity index is 1.36. The van der Waals surface area contributed by atoms with Crippen LogP contribution in [0.4, 0.5) is 0 Å². The fraction of sp³-hybridized carbons (Fsp3) is 0.565.